The molecule has 0 aromatic carbocycles. The fourth-order valence-corrected chi connectivity index (χ4v) is 3.64. The summed E-state index contributed by atoms with van der Waals surface area (Å²) in [5.74, 6) is -1.59. The number of fused-ring (bicyclic) bond motifs is 1. The van der Waals surface area contributed by atoms with Crippen molar-refractivity contribution in [1.29, 1.82) is 0 Å². The van der Waals surface area contributed by atoms with Gasteiger partial charge in [-0.3, -0.25) is 19.0 Å². The first-order valence-corrected chi connectivity index (χ1v) is 9.86. The van der Waals surface area contributed by atoms with Crippen LogP contribution in [0.5, 0.6) is 5.88 Å². The lowest BCUT2D eigenvalue weighted by Crippen LogP contribution is -2.47. The molecular formula is C20H27N5O5. The van der Waals surface area contributed by atoms with Crippen LogP contribution in [-0.2, 0) is 16.1 Å². The van der Waals surface area contributed by atoms with E-state index >= 15 is 0 Å². The third-order valence-corrected chi connectivity index (χ3v) is 4.79. The number of hydrogen-bond donors (Lipinski definition) is 2. The number of nitrogens with two attached hydrogens (primary N) is 1. The van der Waals surface area contributed by atoms with Crippen molar-refractivity contribution >= 4 is 23.5 Å². The molecule has 3 rings (SSSR count). The molecule has 2 atom stereocenters. The maximum Gasteiger partial charge on any atom is 0.291 e. The predicted molar refractivity (Wildman–Crippen MR) is 110 cm³/mol. The SMILES string of the molecule is CC(C)Cn1c(O)c(C(N)=O)c(=O)n2nc(/C=C/C(=O)N3C[C@@H](C)O[C@H](C)C3)cc12. The van der Waals surface area contributed by atoms with E-state index < -0.39 is 22.9 Å². The van der Waals surface area contributed by atoms with Gasteiger partial charge in [-0.05, 0) is 25.8 Å². The van der Waals surface area contributed by atoms with Gasteiger partial charge in [0.15, 0.2) is 5.56 Å². The number of nitrogens with zero attached hydrogens (tertiary/aromatic N) is 4. The number of amides is 2. The van der Waals surface area contributed by atoms with Crippen LogP contribution in [-0.4, -0.2) is 61.3 Å². The summed E-state index contributed by atoms with van der Waals surface area (Å²) >= 11 is 0. The van der Waals surface area contributed by atoms with E-state index in [9.17, 15) is 19.5 Å². The summed E-state index contributed by atoms with van der Waals surface area (Å²) in [6, 6.07) is 1.57. The topological polar surface area (TPSA) is 132 Å². The number of morpholine rings is 1. The Labute approximate surface area is 173 Å². The van der Waals surface area contributed by atoms with Gasteiger partial charge in [0.2, 0.25) is 11.8 Å². The highest BCUT2D eigenvalue weighted by Crippen LogP contribution is 2.20. The van der Waals surface area contributed by atoms with E-state index in [2.05, 4.69) is 5.10 Å². The predicted octanol–water partition coefficient (Wildman–Crippen LogP) is 0.606. The monoisotopic (exact) mass is 417 g/mol. The molecule has 1 aliphatic rings. The minimum Gasteiger partial charge on any atom is -0.494 e. The molecule has 10 heteroatoms. The van der Waals surface area contributed by atoms with Gasteiger partial charge in [0.25, 0.3) is 11.5 Å². The van der Waals surface area contributed by atoms with Crippen molar-refractivity contribution in [2.45, 2.75) is 46.4 Å². The Morgan fingerprint density at radius 1 is 1.33 bits per heavy atom. The van der Waals surface area contributed by atoms with E-state index in [0.29, 0.717) is 31.0 Å². The lowest BCUT2D eigenvalue weighted by molar-refractivity contribution is -0.137. The number of rotatable bonds is 5. The van der Waals surface area contributed by atoms with Crippen molar-refractivity contribution in [2.75, 3.05) is 13.1 Å². The molecule has 2 amide bonds. The molecule has 0 bridgehead atoms. The van der Waals surface area contributed by atoms with Gasteiger partial charge in [-0.15, -0.1) is 0 Å². The second-order valence-corrected chi connectivity index (χ2v) is 8.05. The van der Waals surface area contributed by atoms with Gasteiger partial charge >= 0.3 is 0 Å². The third kappa shape index (κ3) is 4.23. The lowest BCUT2D eigenvalue weighted by Gasteiger charge is -2.34. The molecule has 0 radical (unpaired) electrons. The molecule has 0 aliphatic carbocycles. The molecule has 0 spiro atoms. The first-order chi connectivity index (χ1) is 14.1. The Morgan fingerprint density at radius 3 is 2.53 bits per heavy atom. The molecule has 0 saturated carbocycles. The summed E-state index contributed by atoms with van der Waals surface area (Å²) in [5, 5.41) is 14.7. The van der Waals surface area contributed by atoms with Crippen molar-refractivity contribution in [2.24, 2.45) is 11.7 Å². The molecule has 3 heterocycles. The van der Waals surface area contributed by atoms with Gasteiger partial charge in [-0.2, -0.15) is 9.61 Å². The van der Waals surface area contributed by atoms with Gasteiger partial charge in [0.05, 0.1) is 17.9 Å². The average molecular weight is 417 g/mol. The Kier molecular flexibility index (Phi) is 5.97. The number of hydrogen-bond acceptors (Lipinski definition) is 6. The maximum absolute atomic E-state index is 12.6. The van der Waals surface area contributed by atoms with Crippen LogP contribution in [0.3, 0.4) is 0 Å². The van der Waals surface area contributed by atoms with Gasteiger partial charge in [-0.1, -0.05) is 13.8 Å². The zero-order chi connectivity index (χ0) is 22.2. The summed E-state index contributed by atoms with van der Waals surface area (Å²) in [7, 11) is 0. The number of ether oxygens (including phenoxy) is 1. The third-order valence-electron chi connectivity index (χ3n) is 4.79. The van der Waals surface area contributed by atoms with E-state index in [1.165, 1.54) is 16.7 Å². The highest BCUT2D eigenvalue weighted by molar-refractivity contribution is 5.95. The van der Waals surface area contributed by atoms with E-state index in [0.717, 1.165) is 4.52 Å². The van der Waals surface area contributed by atoms with Gasteiger partial charge in [0, 0.05) is 31.8 Å². The average Bonchev–Trinajstić information content (AvgIpc) is 3.06. The zero-order valence-electron chi connectivity index (χ0n) is 17.5. The number of carbonyl (C=O) groups excluding carboxylic acids is 2. The number of aromatic hydroxyl groups is 1. The largest absolute Gasteiger partial charge is 0.494 e. The Morgan fingerprint density at radius 2 is 1.97 bits per heavy atom. The summed E-state index contributed by atoms with van der Waals surface area (Å²) in [6.45, 7) is 9.01. The van der Waals surface area contributed by atoms with Crippen LogP contribution < -0.4 is 11.3 Å². The molecule has 2 aromatic heterocycles. The number of aromatic nitrogens is 3. The highest BCUT2D eigenvalue weighted by atomic mass is 16.5. The smallest absolute Gasteiger partial charge is 0.291 e. The summed E-state index contributed by atoms with van der Waals surface area (Å²) < 4.78 is 8.08. The summed E-state index contributed by atoms with van der Waals surface area (Å²) in [5.41, 5.74) is 4.60. The Bertz CT molecular complexity index is 1060. The quantitative estimate of drug-likeness (QED) is 0.685. The van der Waals surface area contributed by atoms with Crippen molar-refractivity contribution in [3.05, 3.63) is 33.8 Å². The van der Waals surface area contributed by atoms with Crippen LogP contribution in [0, 0.1) is 5.92 Å². The molecule has 162 valence electrons. The molecule has 3 N–H and O–H groups in total. The fourth-order valence-electron chi connectivity index (χ4n) is 3.64. The standard InChI is InChI=1S/C20H27N5O5/c1-11(2)8-24-15-7-14(22-25(15)20(29)17(18(21)27)19(24)28)5-6-16(26)23-9-12(3)30-13(4)10-23/h5-7,11-13,28H,8-10H2,1-4H3,(H2,21,27)/b6-5+/t12-,13-/m1/s1. The molecule has 0 unspecified atom stereocenters. The minimum atomic E-state index is -1.03. The number of primary amides is 1. The zero-order valence-corrected chi connectivity index (χ0v) is 17.5. The second kappa shape index (κ2) is 8.31. The van der Waals surface area contributed by atoms with Crippen LogP contribution >= 0.6 is 0 Å². The Hall–Kier alpha value is -3.14. The van der Waals surface area contributed by atoms with Crippen LogP contribution in [0.2, 0.25) is 0 Å². The van der Waals surface area contributed by atoms with E-state index in [-0.39, 0.29) is 24.0 Å². The minimum absolute atomic E-state index is 0.0468. The van der Waals surface area contributed by atoms with Crippen molar-refractivity contribution in [3.8, 4) is 5.88 Å². The van der Waals surface area contributed by atoms with Gasteiger partial charge < -0.3 is 20.5 Å². The van der Waals surface area contributed by atoms with E-state index in [1.54, 1.807) is 11.0 Å². The van der Waals surface area contributed by atoms with Crippen LogP contribution in [0.1, 0.15) is 43.7 Å². The normalized spacial score (nSPS) is 19.8. The van der Waals surface area contributed by atoms with Crippen molar-refractivity contribution in [3.63, 3.8) is 0 Å². The summed E-state index contributed by atoms with van der Waals surface area (Å²) in [6.07, 6.45) is 2.79. The van der Waals surface area contributed by atoms with Gasteiger partial charge in [0.1, 0.15) is 5.65 Å². The molecule has 1 fully saturated rings. The highest BCUT2D eigenvalue weighted by Gasteiger charge is 2.25. The Balaban J connectivity index is 1.99. The van der Waals surface area contributed by atoms with E-state index in [1.807, 2.05) is 27.7 Å². The van der Waals surface area contributed by atoms with Crippen LogP contribution in [0.25, 0.3) is 11.7 Å². The molecule has 1 aliphatic heterocycles. The summed E-state index contributed by atoms with van der Waals surface area (Å²) in [4.78, 5) is 38.6. The van der Waals surface area contributed by atoms with Crippen molar-refractivity contribution < 1.29 is 19.4 Å². The fraction of sp³-hybridized carbons (Fsp3) is 0.500. The second-order valence-electron chi connectivity index (χ2n) is 8.05. The lowest BCUT2D eigenvalue weighted by atomic mass is 10.2. The first kappa shape index (κ1) is 21.6. The van der Waals surface area contributed by atoms with Gasteiger partial charge in [-0.25, -0.2) is 0 Å². The molecular weight excluding hydrogens is 390 g/mol. The molecule has 2 aromatic rings. The molecule has 1 saturated heterocycles. The van der Waals surface area contributed by atoms with Crippen LogP contribution in [0.15, 0.2) is 16.9 Å². The van der Waals surface area contributed by atoms with Crippen molar-refractivity contribution in [1.82, 2.24) is 19.1 Å². The number of carbonyl (C=O) groups is 2. The first-order valence-electron chi connectivity index (χ1n) is 9.86. The maximum atomic E-state index is 12.6. The molecule has 10 nitrogen and oxygen atoms in total. The van der Waals surface area contributed by atoms with Crippen LogP contribution in [0.4, 0.5) is 0 Å². The van der Waals surface area contributed by atoms with E-state index in [4.69, 9.17) is 10.5 Å². The molecule has 30 heavy (non-hydrogen) atoms.